The zero-order chi connectivity index (χ0) is 12.8. The third-order valence-corrected chi connectivity index (χ3v) is 3.58. The van der Waals surface area contributed by atoms with Gasteiger partial charge in [0, 0.05) is 12.7 Å². The third kappa shape index (κ3) is 3.25. The molecule has 2 aromatic heterocycles. The molecule has 0 bridgehead atoms. The Hall–Kier alpha value is -1.03. The molecule has 0 radical (unpaired) electrons. The molecule has 18 heavy (non-hydrogen) atoms. The second-order valence-electron chi connectivity index (χ2n) is 4.68. The minimum Gasteiger partial charge on any atom is -0.318 e. The lowest BCUT2D eigenvalue weighted by molar-refractivity contribution is 0.545. The predicted octanol–water partition coefficient (Wildman–Crippen LogP) is 4.08. The summed E-state index contributed by atoms with van der Waals surface area (Å²) in [5.74, 6) is 0. The van der Waals surface area contributed by atoms with Crippen molar-refractivity contribution in [3.63, 3.8) is 0 Å². The summed E-state index contributed by atoms with van der Waals surface area (Å²) in [6.45, 7) is 3.24. The van der Waals surface area contributed by atoms with Crippen LogP contribution < -0.4 is 0 Å². The van der Waals surface area contributed by atoms with Crippen molar-refractivity contribution in [1.82, 2.24) is 14.5 Å². The van der Waals surface area contributed by atoms with Crippen LogP contribution in [0.1, 0.15) is 45.4 Å². The maximum atomic E-state index is 4.43. The number of hydrogen-bond donors (Lipinski definition) is 1. The van der Waals surface area contributed by atoms with Gasteiger partial charge in [-0.2, -0.15) is 0 Å². The van der Waals surface area contributed by atoms with E-state index in [0.717, 1.165) is 22.9 Å². The molecule has 2 rings (SSSR count). The van der Waals surface area contributed by atoms with Gasteiger partial charge in [0.1, 0.15) is 0 Å². The van der Waals surface area contributed by atoms with Crippen molar-refractivity contribution in [2.45, 2.75) is 57.1 Å². The van der Waals surface area contributed by atoms with Crippen molar-refractivity contribution in [3.05, 3.63) is 18.3 Å². The van der Waals surface area contributed by atoms with Gasteiger partial charge in [-0.1, -0.05) is 39.0 Å². The summed E-state index contributed by atoms with van der Waals surface area (Å²) < 4.78 is 2.16. The molecule has 0 N–H and O–H groups in total. The van der Waals surface area contributed by atoms with Crippen LogP contribution in [-0.2, 0) is 6.54 Å². The Morgan fingerprint density at radius 3 is 2.78 bits per heavy atom. The first-order chi connectivity index (χ1) is 8.83. The molecule has 0 unspecified atom stereocenters. The molecule has 0 aliphatic carbocycles. The first-order valence-corrected chi connectivity index (χ1v) is 7.28. The van der Waals surface area contributed by atoms with Crippen molar-refractivity contribution >= 4 is 23.8 Å². The molecule has 4 heteroatoms. The standard InChI is InChI=1S/C14H21N3S/c1-2-3-4-5-6-7-11-17-12-9-8-10-15-13(12)16-14(17)18/h8-10H,2-7,11H2,1H3,(H,15,16,18). The Morgan fingerprint density at radius 1 is 1.17 bits per heavy atom. The number of fused-ring (bicyclic) bond motifs is 1. The molecule has 0 aromatic carbocycles. The molecule has 98 valence electrons. The van der Waals surface area contributed by atoms with Gasteiger partial charge in [-0.15, -0.1) is 12.6 Å². The molecule has 0 saturated heterocycles. The number of hydrogen-bond acceptors (Lipinski definition) is 3. The van der Waals surface area contributed by atoms with E-state index in [-0.39, 0.29) is 0 Å². The monoisotopic (exact) mass is 263 g/mol. The van der Waals surface area contributed by atoms with Crippen LogP contribution in [0.15, 0.2) is 23.5 Å². The van der Waals surface area contributed by atoms with Crippen molar-refractivity contribution < 1.29 is 0 Å². The molecule has 2 heterocycles. The fraction of sp³-hybridized carbons (Fsp3) is 0.571. The van der Waals surface area contributed by atoms with Crippen molar-refractivity contribution in [1.29, 1.82) is 0 Å². The predicted molar refractivity (Wildman–Crippen MR) is 78.2 cm³/mol. The van der Waals surface area contributed by atoms with Crippen LogP contribution in [0.4, 0.5) is 0 Å². The Kier molecular flexibility index (Phi) is 5.05. The summed E-state index contributed by atoms with van der Waals surface area (Å²) >= 11 is 4.43. The van der Waals surface area contributed by atoms with Crippen LogP contribution in [0.3, 0.4) is 0 Å². The highest BCUT2D eigenvalue weighted by atomic mass is 32.1. The zero-order valence-corrected chi connectivity index (χ0v) is 11.9. The quantitative estimate of drug-likeness (QED) is 0.602. The van der Waals surface area contributed by atoms with Gasteiger partial charge in [0.2, 0.25) is 0 Å². The van der Waals surface area contributed by atoms with E-state index in [0.29, 0.717) is 0 Å². The molecular weight excluding hydrogens is 242 g/mol. The van der Waals surface area contributed by atoms with E-state index < -0.39 is 0 Å². The largest absolute Gasteiger partial charge is 0.318 e. The summed E-state index contributed by atoms with van der Waals surface area (Å²) in [7, 11) is 0. The molecule has 3 nitrogen and oxygen atoms in total. The SMILES string of the molecule is CCCCCCCCn1c(S)nc2ncccc21. The van der Waals surface area contributed by atoms with Gasteiger partial charge < -0.3 is 4.57 Å². The Labute approximate surface area is 114 Å². The maximum Gasteiger partial charge on any atom is 0.178 e. The summed E-state index contributed by atoms with van der Waals surface area (Å²) in [5, 5.41) is 0.775. The molecule has 0 atom stereocenters. The van der Waals surface area contributed by atoms with Crippen molar-refractivity contribution in [2.75, 3.05) is 0 Å². The van der Waals surface area contributed by atoms with Crippen LogP contribution in [0, 0.1) is 0 Å². The lowest BCUT2D eigenvalue weighted by Crippen LogP contribution is -1.98. The number of pyridine rings is 1. The van der Waals surface area contributed by atoms with Gasteiger partial charge in [-0.3, -0.25) is 0 Å². The second kappa shape index (κ2) is 6.78. The fourth-order valence-electron chi connectivity index (χ4n) is 2.22. The van der Waals surface area contributed by atoms with E-state index in [4.69, 9.17) is 0 Å². The Morgan fingerprint density at radius 2 is 1.94 bits per heavy atom. The lowest BCUT2D eigenvalue weighted by atomic mass is 10.1. The van der Waals surface area contributed by atoms with Crippen LogP contribution in [0.5, 0.6) is 0 Å². The summed E-state index contributed by atoms with van der Waals surface area (Å²) in [6, 6.07) is 4.01. The molecule has 0 fully saturated rings. The van der Waals surface area contributed by atoms with Gasteiger partial charge >= 0.3 is 0 Å². The number of rotatable bonds is 7. The van der Waals surface area contributed by atoms with Crippen LogP contribution in [0.2, 0.25) is 0 Å². The summed E-state index contributed by atoms with van der Waals surface area (Å²) in [4.78, 5) is 8.61. The highest BCUT2D eigenvalue weighted by Crippen LogP contribution is 2.17. The van der Waals surface area contributed by atoms with E-state index in [2.05, 4.69) is 40.2 Å². The second-order valence-corrected chi connectivity index (χ2v) is 5.08. The zero-order valence-electron chi connectivity index (χ0n) is 11.0. The number of aryl methyl sites for hydroxylation is 1. The summed E-state index contributed by atoms with van der Waals surface area (Å²) in [6.07, 6.45) is 9.61. The van der Waals surface area contributed by atoms with Crippen molar-refractivity contribution in [3.8, 4) is 0 Å². The average Bonchev–Trinajstić information content (AvgIpc) is 2.70. The van der Waals surface area contributed by atoms with Gasteiger partial charge in [-0.05, 0) is 18.6 Å². The number of aromatic nitrogens is 3. The van der Waals surface area contributed by atoms with Gasteiger partial charge in [-0.25, -0.2) is 9.97 Å². The highest BCUT2D eigenvalue weighted by Gasteiger charge is 2.07. The summed E-state index contributed by atoms with van der Waals surface area (Å²) in [5.41, 5.74) is 1.89. The number of nitrogens with zero attached hydrogens (tertiary/aromatic N) is 3. The molecule has 0 spiro atoms. The minimum absolute atomic E-state index is 0.775. The molecule has 0 aliphatic heterocycles. The number of unbranched alkanes of at least 4 members (excludes halogenated alkanes) is 5. The molecule has 2 aromatic rings. The van der Waals surface area contributed by atoms with E-state index in [1.165, 1.54) is 38.5 Å². The van der Waals surface area contributed by atoms with Crippen LogP contribution in [0.25, 0.3) is 11.2 Å². The van der Waals surface area contributed by atoms with E-state index in [1.807, 2.05) is 6.07 Å². The molecule has 0 saturated carbocycles. The topological polar surface area (TPSA) is 30.7 Å². The van der Waals surface area contributed by atoms with Gasteiger partial charge in [0.05, 0.1) is 5.52 Å². The Balaban J connectivity index is 1.89. The third-order valence-electron chi connectivity index (χ3n) is 3.24. The maximum absolute atomic E-state index is 4.43. The molecular formula is C14H21N3S. The first-order valence-electron chi connectivity index (χ1n) is 6.83. The van der Waals surface area contributed by atoms with Crippen LogP contribution in [-0.4, -0.2) is 14.5 Å². The smallest absolute Gasteiger partial charge is 0.178 e. The number of thiol groups is 1. The first kappa shape index (κ1) is 13.4. The average molecular weight is 263 g/mol. The molecule has 0 aliphatic rings. The molecule has 0 amide bonds. The minimum atomic E-state index is 0.775. The normalized spacial score (nSPS) is 11.2. The number of imidazole rings is 1. The lowest BCUT2D eigenvalue weighted by Gasteiger charge is -2.05. The van der Waals surface area contributed by atoms with E-state index in [1.54, 1.807) is 6.20 Å². The van der Waals surface area contributed by atoms with E-state index >= 15 is 0 Å². The van der Waals surface area contributed by atoms with E-state index in [9.17, 15) is 0 Å². The Bertz CT molecular complexity index is 493. The van der Waals surface area contributed by atoms with Crippen LogP contribution >= 0.6 is 12.6 Å². The van der Waals surface area contributed by atoms with Gasteiger partial charge in [0.15, 0.2) is 10.8 Å². The fourth-order valence-corrected chi connectivity index (χ4v) is 2.52. The highest BCUT2D eigenvalue weighted by molar-refractivity contribution is 7.80. The van der Waals surface area contributed by atoms with Crippen molar-refractivity contribution in [2.24, 2.45) is 0 Å². The van der Waals surface area contributed by atoms with Gasteiger partial charge in [0.25, 0.3) is 0 Å².